The molecule has 10 heteroatoms. The fourth-order valence-corrected chi connectivity index (χ4v) is 7.55. The van der Waals surface area contributed by atoms with Gasteiger partial charge in [0.05, 0.1) is 22.4 Å². The Morgan fingerprint density at radius 2 is 1.74 bits per heavy atom. The van der Waals surface area contributed by atoms with Crippen molar-refractivity contribution in [3.8, 4) is 11.1 Å². The number of hydrogen-bond acceptors (Lipinski definition) is 8. The van der Waals surface area contributed by atoms with Crippen molar-refractivity contribution in [2.45, 2.75) is 48.9 Å². The molecule has 2 fully saturated rings. The van der Waals surface area contributed by atoms with Gasteiger partial charge in [0, 0.05) is 29.9 Å². The number of nitrogens with two attached hydrogens (primary N) is 2. The van der Waals surface area contributed by atoms with E-state index in [0.29, 0.717) is 48.1 Å². The number of carbonyl (C=O) groups excluding carboxylic acids is 1. The maximum Gasteiger partial charge on any atom is 0.273 e. The van der Waals surface area contributed by atoms with Crippen LogP contribution in [0.3, 0.4) is 0 Å². The predicted octanol–water partition coefficient (Wildman–Crippen LogP) is 4.63. The van der Waals surface area contributed by atoms with Crippen LogP contribution < -0.4 is 11.5 Å². The van der Waals surface area contributed by atoms with Gasteiger partial charge in [-0.15, -0.1) is 0 Å². The molecule has 2 aliphatic carbocycles. The fourth-order valence-electron chi connectivity index (χ4n) is 5.55. The van der Waals surface area contributed by atoms with Crippen LogP contribution in [-0.2, 0) is 26.1 Å². The summed E-state index contributed by atoms with van der Waals surface area (Å²) in [6, 6.07) is 19.9. The molecular formula is C33H36N4O5S. The first-order chi connectivity index (χ1) is 20.7. The zero-order chi connectivity index (χ0) is 30.1. The van der Waals surface area contributed by atoms with Gasteiger partial charge in [-0.1, -0.05) is 36.4 Å². The lowest BCUT2D eigenvalue weighted by atomic mass is 9.86. The van der Waals surface area contributed by atoms with E-state index in [1.54, 1.807) is 24.3 Å². The summed E-state index contributed by atoms with van der Waals surface area (Å²) >= 11 is 0. The van der Waals surface area contributed by atoms with E-state index >= 15 is 0 Å². The van der Waals surface area contributed by atoms with Crippen LogP contribution in [-0.4, -0.2) is 48.7 Å². The second-order valence-corrected chi connectivity index (χ2v) is 14.0. The molecule has 1 heterocycles. The zero-order valence-corrected chi connectivity index (χ0v) is 24.7. The van der Waals surface area contributed by atoms with Crippen molar-refractivity contribution < 1.29 is 23.2 Å². The van der Waals surface area contributed by atoms with E-state index in [4.69, 9.17) is 16.3 Å². The molecule has 6 rings (SSSR count). The number of aliphatic hydroxyl groups is 1. The molecular weight excluding hydrogens is 564 g/mol. The Kier molecular flexibility index (Phi) is 8.09. The number of nitrogen functional groups attached to an aromatic ring is 1. The number of aliphatic imine (C=N–C) groups is 1. The lowest BCUT2D eigenvalue weighted by Gasteiger charge is -2.33. The number of rotatable bonds is 10. The Bertz CT molecular complexity index is 1710. The number of sulfone groups is 1. The average Bonchev–Trinajstić information content (AvgIpc) is 3.80. The summed E-state index contributed by atoms with van der Waals surface area (Å²) in [6.07, 6.45) is 5.07. The SMILES string of the molecule is NC1=Nc2cc(-c3cccc(S(=O)(=O)C4CC(CO)C4)c3)ccc2C=C(C(=O)N(CC2CC2)OCc2cccc(N)c2)C1. The van der Waals surface area contributed by atoms with E-state index in [2.05, 4.69) is 4.99 Å². The standard InChI is InChI=1S/C33H36N4O5S/c34-28-5-1-3-22(11-28)20-42-37(18-21-7-8-21)33(39)27-14-26-10-9-25(16-31(26)36-32(35)17-27)24-4-2-6-29(15-24)43(40,41)30-12-23(13-30)19-38/h1-6,9-11,14-16,21,23,30,38H,7-8,12-13,17-20,34H2,(H2,35,36). The number of hydrogen-bond donors (Lipinski definition) is 3. The number of aliphatic hydroxyl groups excluding tert-OH is 1. The molecule has 0 unspecified atom stereocenters. The maximum absolute atomic E-state index is 13.7. The second kappa shape index (κ2) is 11.9. The highest BCUT2D eigenvalue weighted by Crippen LogP contribution is 2.38. The largest absolute Gasteiger partial charge is 0.399 e. The van der Waals surface area contributed by atoms with Crippen LogP contribution in [0.5, 0.6) is 0 Å². The fraction of sp³-hybridized carbons (Fsp3) is 0.333. The molecule has 0 atom stereocenters. The third-order valence-corrected chi connectivity index (χ3v) is 10.5. The van der Waals surface area contributed by atoms with Crippen molar-refractivity contribution in [2.75, 3.05) is 18.9 Å². The van der Waals surface area contributed by atoms with Crippen molar-refractivity contribution in [3.05, 3.63) is 83.4 Å². The number of benzene rings is 3. The van der Waals surface area contributed by atoms with Crippen molar-refractivity contribution in [1.29, 1.82) is 0 Å². The summed E-state index contributed by atoms with van der Waals surface area (Å²) in [5.74, 6) is 0.522. The summed E-state index contributed by atoms with van der Waals surface area (Å²) in [5, 5.41) is 10.3. The summed E-state index contributed by atoms with van der Waals surface area (Å²) in [5.41, 5.74) is 17.1. The zero-order valence-electron chi connectivity index (χ0n) is 23.9. The minimum Gasteiger partial charge on any atom is -0.399 e. The van der Waals surface area contributed by atoms with Crippen LogP contribution in [0.4, 0.5) is 11.4 Å². The van der Waals surface area contributed by atoms with E-state index in [0.717, 1.165) is 35.1 Å². The first kappa shape index (κ1) is 29.1. The highest BCUT2D eigenvalue weighted by molar-refractivity contribution is 7.92. The molecule has 0 saturated heterocycles. The molecule has 0 radical (unpaired) electrons. The van der Waals surface area contributed by atoms with Crippen LogP contribution in [0.25, 0.3) is 17.2 Å². The van der Waals surface area contributed by atoms with E-state index in [9.17, 15) is 18.3 Å². The molecule has 3 aromatic rings. The molecule has 224 valence electrons. The van der Waals surface area contributed by atoms with Crippen molar-refractivity contribution in [3.63, 3.8) is 0 Å². The van der Waals surface area contributed by atoms with Crippen LogP contribution in [0.15, 0.2) is 82.2 Å². The molecule has 0 spiro atoms. The van der Waals surface area contributed by atoms with E-state index in [1.165, 1.54) is 5.06 Å². The summed E-state index contributed by atoms with van der Waals surface area (Å²) in [7, 11) is -3.49. The number of nitrogens with zero attached hydrogens (tertiary/aromatic N) is 2. The Morgan fingerprint density at radius 1 is 0.977 bits per heavy atom. The minimum absolute atomic E-state index is 0.0153. The van der Waals surface area contributed by atoms with Gasteiger partial charge in [0.1, 0.15) is 12.4 Å². The number of amides is 1. The molecule has 5 N–H and O–H groups in total. The number of carbonyl (C=O) groups is 1. The molecule has 0 bridgehead atoms. The van der Waals surface area contributed by atoms with E-state index < -0.39 is 15.1 Å². The predicted molar refractivity (Wildman–Crippen MR) is 167 cm³/mol. The van der Waals surface area contributed by atoms with Crippen LogP contribution >= 0.6 is 0 Å². The van der Waals surface area contributed by atoms with Gasteiger partial charge < -0.3 is 16.6 Å². The number of amidine groups is 1. The Hall–Kier alpha value is -3.99. The highest BCUT2D eigenvalue weighted by atomic mass is 32.2. The smallest absolute Gasteiger partial charge is 0.273 e. The quantitative estimate of drug-likeness (QED) is 0.227. The summed E-state index contributed by atoms with van der Waals surface area (Å²) in [4.78, 5) is 24.6. The van der Waals surface area contributed by atoms with Crippen molar-refractivity contribution in [2.24, 2.45) is 22.6 Å². The molecule has 9 nitrogen and oxygen atoms in total. The Morgan fingerprint density at radius 3 is 2.49 bits per heavy atom. The first-order valence-electron chi connectivity index (χ1n) is 14.6. The average molecular weight is 601 g/mol. The van der Waals surface area contributed by atoms with Crippen LogP contribution in [0.2, 0.25) is 0 Å². The summed E-state index contributed by atoms with van der Waals surface area (Å²) < 4.78 is 26.3. The molecule has 43 heavy (non-hydrogen) atoms. The van der Waals surface area contributed by atoms with Gasteiger partial charge in [0.15, 0.2) is 9.84 Å². The van der Waals surface area contributed by atoms with Gasteiger partial charge in [-0.2, -0.15) is 0 Å². The van der Waals surface area contributed by atoms with E-state index in [1.807, 2.05) is 48.5 Å². The monoisotopic (exact) mass is 600 g/mol. The van der Waals surface area contributed by atoms with Gasteiger partial charge in [0.25, 0.3) is 5.91 Å². The Balaban J connectivity index is 1.24. The topological polar surface area (TPSA) is 148 Å². The van der Waals surface area contributed by atoms with Crippen molar-refractivity contribution >= 4 is 39.0 Å². The van der Waals surface area contributed by atoms with Crippen molar-refractivity contribution in [1.82, 2.24) is 5.06 Å². The molecule has 1 amide bonds. The second-order valence-electron chi connectivity index (χ2n) is 11.8. The van der Waals surface area contributed by atoms with Crippen LogP contribution in [0, 0.1) is 11.8 Å². The number of fused-ring (bicyclic) bond motifs is 1. The third-order valence-electron chi connectivity index (χ3n) is 8.34. The summed E-state index contributed by atoms with van der Waals surface area (Å²) in [6.45, 7) is 0.737. The molecule has 3 aliphatic rings. The number of anilines is 1. The minimum atomic E-state index is -3.49. The third kappa shape index (κ3) is 6.51. The molecule has 3 aromatic carbocycles. The van der Waals surface area contributed by atoms with Gasteiger partial charge in [0.2, 0.25) is 0 Å². The molecule has 2 saturated carbocycles. The highest BCUT2D eigenvalue weighted by Gasteiger charge is 2.39. The Labute approximate surface area is 251 Å². The van der Waals surface area contributed by atoms with Gasteiger partial charge >= 0.3 is 0 Å². The van der Waals surface area contributed by atoms with E-state index in [-0.39, 0.29) is 36.4 Å². The maximum atomic E-state index is 13.7. The molecule has 1 aliphatic heterocycles. The normalized spacial score (nSPS) is 19.8. The van der Waals surface area contributed by atoms with Gasteiger partial charge in [-0.3, -0.25) is 9.63 Å². The molecule has 0 aromatic heterocycles. The van der Waals surface area contributed by atoms with Crippen LogP contribution in [0.1, 0.15) is 43.2 Å². The lowest BCUT2D eigenvalue weighted by molar-refractivity contribution is -0.188. The lowest BCUT2D eigenvalue weighted by Crippen LogP contribution is -2.37. The first-order valence-corrected chi connectivity index (χ1v) is 16.2. The van der Waals surface area contributed by atoms with Gasteiger partial charge in [-0.05, 0) is 90.6 Å². The van der Waals surface area contributed by atoms with Gasteiger partial charge in [-0.25, -0.2) is 18.5 Å². The number of hydroxylamine groups is 2.